The van der Waals surface area contributed by atoms with Gasteiger partial charge in [-0.3, -0.25) is 4.99 Å². The third-order valence-corrected chi connectivity index (χ3v) is 5.07. The van der Waals surface area contributed by atoms with Gasteiger partial charge in [0.25, 0.3) is 0 Å². The minimum absolute atomic E-state index is 0. The maximum Gasteiger partial charge on any atom is 0.191 e. The molecule has 2 unspecified atom stereocenters. The molecule has 0 saturated carbocycles. The van der Waals surface area contributed by atoms with E-state index in [-0.39, 0.29) is 24.0 Å². The first-order chi connectivity index (χ1) is 10.1. The summed E-state index contributed by atoms with van der Waals surface area (Å²) in [5.41, 5.74) is -0.600. The molecule has 132 valence electrons. The van der Waals surface area contributed by atoms with Gasteiger partial charge in [0.1, 0.15) is 0 Å². The molecule has 1 aliphatic rings. The summed E-state index contributed by atoms with van der Waals surface area (Å²) in [7, 11) is 0. The summed E-state index contributed by atoms with van der Waals surface area (Å²) in [5.74, 6) is 2.69. The topological polar surface area (TPSA) is 56.7 Å². The Morgan fingerprint density at radius 3 is 2.68 bits per heavy atom. The Morgan fingerprint density at radius 1 is 1.32 bits per heavy atom. The fourth-order valence-corrected chi connectivity index (χ4v) is 3.73. The number of nitrogens with one attached hydrogen (secondary N) is 2. The smallest absolute Gasteiger partial charge is 0.191 e. The first-order valence-electron chi connectivity index (χ1n) is 8.44. The second-order valence-corrected chi connectivity index (χ2v) is 7.22. The number of thioether (sulfide) groups is 1. The second-order valence-electron chi connectivity index (χ2n) is 6.12. The molecule has 0 amide bonds. The van der Waals surface area contributed by atoms with Crippen LogP contribution in [0.15, 0.2) is 4.99 Å². The Morgan fingerprint density at radius 2 is 2.09 bits per heavy atom. The van der Waals surface area contributed by atoms with Crippen LogP contribution >= 0.6 is 35.7 Å². The Kier molecular flexibility index (Phi) is 12.9. The Bertz CT molecular complexity index is 310. The molecule has 0 radical (unpaired) electrons. The van der Waals surface area contributed by atoms with E-state index in [1.807, 2.05) is 11.8 Å². The maximum absolute atomic E-state index is 10.4. The van der Waals surface area contributed by atoms with Crippen molar-refractivity contribution in [3.63, 3.8) is 0 Å². The van der Waals surface area contributed by atoms with Gasteiger partial charge in [-0.15, -0.1) is 24.0 Å². The molecule has 0 aliphatic carbocycles. The van der Waals surface area contributed by atoms with Gasteiger partial charge in [-0.05, 0) is 32.4 Å². The van der Waals surface area contributed by atoms with Crippen molar-refractivity contribution in [3.8, 4) is 0 Å². The number of unbranched alkanes of at least 4 members (excludes halogenated alkanes) is 3. The summed E-state index contributed by atoms with van der Waals surface area (Å²) in [4.78, 5) is 4.58. The van der Waals surface area contributed by atoms with Crippen LogP contribution < -0.4 is 10.6 Å². The van der Waals surface area contributed by atoms with E-state index in [9.17, 15) is 5.11 Å². The van der Waals surface area contributed by atoms with Crippen molar-refractivity contribution in [1.29, 1.82) is 0 Å². The number of guanidine groups is 1. The molecule has 1 fully saturated rings. The molecule has 0 spiro atoms. The number of nitrogens with zero attached hydrogens (tertiary/aromatic N) is 1. The van der Waals surface area contributed by atoms with E-state index in [0.29, 0.717) is 12.6 Å². The lowest BCUT2D eigenvalue weighted by Crippen LogP contribution is -2.43. The summed E-state index contributed by atoms with van der Waals surface area (Å²) in [5, 5.41) is 17.1. The van der Waals surface area contributed by atoms with Gasteiger partial charge >= 0.3 is 0 Å². The molecule has 3 N–H and O–H groups in total. The van der Waals surface area contributed by atoms with Crippen molar-refractivity contribution < 1.29 is 5.11 Å². The van der Waals surface area contributed by atoms with Crippen molar-refractivity contribution in [1.82, 2.24) is 10.6 Å². The Hall–Kier alpha value is 0.310. The minimum Gasteiger partial charge on any atom is -0.387 e. The molecule has 22 heavy (non-hydrogen) atoms. The highest BCUT2D eigenvalue weighted by atomic mass is 127. The van der Waals surface area contributed by atoms with Crippen LogP contribution in [0.3, 0.4) is 0 Å². The number of aliphatic imine (C=N–C) groups is 1. The van der Waals surface area contributed by atoms with Gasteiger partial charge in [0.05, 0.1) is 12.1 Å². The molecule has 0 aromatic heterocycles. The van der Waals surface area contributed by atoms with Gasteiger partial charge in [0.2, 0.25) is 0 Å². The van der Waals surface area contributed by atoms with Crippen LogP contribution in [0, 0.1) is 0 Å². The van der Waals surface area contributed by atoms with Crippen LogP contribution in [0.25, 0.3) is 0 Å². The van der Waals surface area contributed by atoms with Crippen LogP contribution in [0.2, 0.25) is 0 Å². The molecule has 1 saturated heterocycles. The molecule has 0 bridgehead atoms. The number of rotatable bonds is 9. The van der Waals surface area contributed by atoms with Crippen molar-refractivity contribution in [2.75, 3.05) is 24.6 Å². The molecule has 0 aromatic rings. The van der Waals surface area contributed by atoms with E-state index in [1.54, 1.807) is 0 Å². The first-order valence-corrected chi connectivity index (χ1v) is 9.60. The van der Waals surface area contributed by atoms with Gasteiger partial charge in [-0.1, -0.05) is 32.6 Å². The lowest BCUT2D eigenvalue weighted by Gasteiger charge is -2.21. The lowest BCUT2D eigenvalue weighted by molar-refractivity contribution is 0.0778. The largest absolute Gasteiger partial charge is 0.387 e. The van der Waals surface area contributed by atoms with Gasteiger partial charge in [-0.25, -0.2) is 0 Å². The first kappa shape index (κ1) is 22.3. The average Bonchev–Trinajstić information content (AvgIpc) is 2.89. The zero-order valence-electron chi connectivity index (χ0n) is 14.4. The minimum atomic E-state index is -0.600. The molecule has 1 aliphatic heterocycles. The maximum atomic E-state index is 10.4. The van der Waals surface area contributed by atoms with E-state index in [2.05, 4.69) is 36.4 Å². The van der Waals surface area contributed by atoms with Crippen LogP contribution in [0.4, 0.5) is 0 Å². The Labute approximate surface area is 157 Å². The summed E-state index contributed by atoms with van der Waals surface area (Å²) >= 11 is 1.82. The fourth-order valence-electron chi connectivity index (χ4n) is 2.45. The third-order valence-electron chi connectivity index (χ3n) is 3.83. The number of hydrogen-bond acceptors (Lipinski definition) is 3. The lowest BCUT2D eigenvalue weighted by atomic mass is 10.0. The van der Waals surface area contributed by atoms with Gasteiger partial charge in [-0.2, -0.15) is 11.8 Å². The summed E-state index contributed by atoms with van der Waals surface area (Å²) in [6.45, 7) is 7.87. The number of hydrogen-bond donors (Lipinski definition) is 3. The van der Waals surface area contributed by atoms with E-state index in [4.69, 9.17) is 0 Å². The number of halogens is 1. The SMILES string of the molecule is CCCCCCC(C)NC(=NCC1(O)CCSC1)NCC.I. The molecule has 1 rings (SSSR count). The van der Waals surface area contributed by atoms with E-state index in [1.165, 1.54) is 32.1 Å². The quantitative estimate of drug-likeness (QED) is 0.221. The predicted octanol–water partition coefficient (Wildman–Crippen LogP) is 3.39. The summed E-state index contributed by atoms with van der Waals surface area (Å²) < 4.78 is 0. The molecule has 4 nitrogen and oxygen atoms in total. The van der Waals surface area contributed by atoms with Crippen molar-refractivity contribution in [3.05, 3.63) is 0 Å². The Balaban J connectivity index is 0.00000441. The van der Waals surface area contributed by atoms with Crippen LogP contribution in [-0.2, 0) is 0 Å². The van der Waals surface area contributed by atoms with Gasteiger partial charge < -0.3 is 15.7 Å². The van der Waals surface area contributed by atoms with E-state index in [0.717, 1.165) is 30.4 Å². The molecule has 0 aromatic carbocycles. The second kappa shape index (κ2) is 12.7. The van der Waals surface area contributed by atoms with Crippen LogP contribution in [0.1, 0.15) is 59.3 Å². The van der Waals surface area contributed by atoms with Gasteiger partial charge in [0.15, 0.2) is 5.96 Å². The zero-order valence-corrected chi connectivity index (χ0v) is 17.5. The molecular formula is C16H34IN3OS. The van der Waals surface area contributed by atoms with Crippen molar-refractivity contribution in [2.45, 2.75) is 70.9 Å². The molecule has 1 heterocycles. The van der Waals surface area contributed by atoms with Gasteiger partial charge in [0, 0.05) is 18.3 Å². The van der Waals surface area contributed by atoms with E-state index >= 15 is 0 Å². The van der Waals surface area contributed by atoms with Crippen LogP contribution in [-0.4, -0.2) is 47.3 Å². The van der Waals surface area contributed by atoms with E-state index < -0.39 is 5.60 Å². The normalized spacial score (nSPS) is 23.0. The van der Waals surface area contributed by atoms with Crippen LogP contribution in [0.5, 0.6) is 0 Å². The average molecular weight is 443 g/mol. The van der Waals surface area contributed by atoms with Crippen molar-refractivity contribution in [2.24, 2.45) is 4.99 Å². The monoisotopic (exact) mass is 443 g/mol. The molecule has 6 heteroatoms. The number of aliphatic hydroxyl groups is 1. The molecular weight excluding hydrogens is 409 g/mol. The fraction of sp³-hybridized carbons (Fsp3) is 0.938. The predicted molar refractivity (Wildman–Crippen MR) is 110 cm³/mol. The third kappa shape index (κ3) is 9.45. The highest BCUT2D eigenvalue weighted by Gasteiger charge is 2.31. The zero-order chi connectivity index (χ0) is 15.6. The van der Waals surface area contributed by atoms with Crippen molar-refractivity contribution >= 4 is 41.7 Å². The highest BCUT2D eigenvalue weighted by Crippen LogP contribution is 2.27. The highest BCUT2D eigenvalue weighted by molar-refractivity contribution is 14.0. The summed E-state index contributed by atoms with van der Waals surface area (Å²) in [6, 6.07) is 0.423. The molecule has 2 atom stereocenters. The summed E-state index contributed by atoms with van der Waals surface area (Å²) in [6.07, 6.45) is 7.21. The standard InChI is InChI=1S/C16H33N3OS.HI/c1-4-6-7-8-9-14(3)19-15(17-5-2)18-12-16(20)10-11-21-13-16;/h14,20H,4-13H2,1-3H3,(H2,17,18,19);1H.